The molecule has 2 heterocycles. The molecule has 40 heavy (non-hydrogen) atoms. The third-order valence-electron chi connectivity index (χ3n) is 7.31. The first-order valence-electron chi connectivity index (χ1n) is 14.2. The summed E-state index contributed by atoms with van der Waals surface area (Å²) in [5.41, 5.74) is 2.61. The van der Waals surface area contributed by atoms with Crippen molar-refractivity contribution in [2.75, 3.05) is 6.54 Å². The van der Waals surface area contributed by atoms with Gasteiger partial charge in [-0.2, -0.15) is 0 Å². The zero-order chi connectivity index (χ0) is 28.3. The molecule has 212 valence electrons. The molecular weight excluding hydrogens is 506 g/mol. The van der Waals surface area contributed by atoms with Gasteiger partial charge in [-0.25, -0.2) is 0 Å². The van der Waals surface area contributed by atoms with Gasteiger partial charge < -0.3 is 26.3 Å². The predicted octanol–water partition coefficient (Wildman–Crippen LogP) is 3.42. The van der Waals surface area contributed by atoms with Crippen molar-refractivity contribution >= 4 is 34.5 Å². The van der Waals surface area contributed by atoms with Crippen molar-refractivity contribution in [3.8, 4) is 0 Å². The Hall–Kier alpha value is -4.14. The van der Waals surface area contributed by atoms with Crippen molar-refractivity contribution in [2.24, 2.45) is 0 Å². The van der Waals surface area contributed by atoms with Crippen LogP contribution < -0.4 is 21.3 Å². The smallest absolute Gasteiger partial charge is 0.243 e. The van der Waals surface area contributed by atoms with Crippen molar-refractivity contribution in [2.45, 2.75) is 76.4 Å². The molecule has 1 aromatic heterocycles. The number of amides is 4. The highest BCUT2D eigenvalue weighted by Gasteiger charge is 2.28. The largest absolute Gasteiger partial charge is 0.361 e. The highest BCUT2D eigenvalue weighted by atomic mass is 16.2. The van der Waals surface area contributed by atoms with E-state index in [9.17, 15) is 19.2 Å². The first-order valence-corrected chi connectivity index (χ1v) is 14.2. The van der Waals surface area contributed by atoms with Gasteiger partial charge in [0.2, 0.25) is 23.6 Å². The SMILES string of the molecule is C[C@@H]1NC(=O)CCCCCCCNC(=O)C[C@H](c2ccccc2)NC(=O)[C@@H](Cc2c[nH]c3ccccc23)NC1=O. The lowest BCUT2D eigenvalue weighted by molar-refractivity contribution is -0.132. The number of aromatic nitrogens is 1. The fourth-order valence-corrected chi connectivity index (χ4v) is 5.04. The molecule has 0 radical (unpaired) electrons. The second-order valence-corrected chi connectivity index (χ2v) is 10.5. The molecule has 1 saturated heterocycles. The lowest BCUT2D eigenvalue weighted by atomic mass is 10.0. The monoisotopic (exact) mass is 545 g/mol. The molecule has 3 atom stereocenters. The van der Waals surface area contributed by atoms with Crippen LogP contribution in [0.1, 0.15) is 69.0 Å². The molecule has 4 amide bonds. The Labute approximate surface area is 234 Å². The number of nitrogens with one attached hydrogen (secondary N) is 5. The number of benzene rings is 2. The fourth-order valence-electron chi connectivity index (χ4n) is 5.04. The maximum Gasteiger partial charge on any atom is 0.243 e. The number of H-pyrrole nitrogens is 1. The van der Waals surface area contributed by atoms with Gasteiger partial charge in [0.1, 0.15) is 12.1 Å². The summed E-state index contributed by atoms with van der Waals surface area (Å²) in [7, 11) is 0. The number of para-hydroxylation sites is 1. The van der Waals surface area contributed by atoms with E-state index in [4.69, 9.17) is 0 Å². The highest BCUT2D eigenvalue weighted by Crippen LogP contribution is 2.21. The van der Waals surface area contributed by atoms with Gasteiger partial charge in [0.05, 0.1) is 12.5 Å². The molecule has 4 rings (SSSR count). The Morgan fingerprint density at radius 1 is 0.750 bits per heavy atom. The lowest BCUT2D eigenvalue weighted by Crippen LogP contribution is -2.54. The van der Waals surface area contributed by atoms with E-state index in [1.165, 1.54) is 0 Å². The molecule has 1 fully saturated rings. The van der Waals surface area contributed by atoms with E-state index in [0.29, 0.717) is 13.0 Å². The van der Waals surface area contributed by atoms with Crippen LogP contribution in [0.2, 0.25) is 0 Å². The highest BCUT2D eigenvalue weighted by molar-refractivity contribution is 5.93. The van der Waals surface area contributed by atoms with Crippen molar-refractivity contribution in [1.29, 1.82) is 0 Å². The van der Waals surface area contributed by atoms with E-state index in [0.717, 1.165) is 54.1 Å². The van der Waals surface area contributed by atoms with Crippen LogP contribution in [0.5, 0.6) is 0 Å². The molecule has 9 nitrogen and oxygen atoms in total. The Morgan fingerprint density at radius 3 is 2.30 bits per heavy atom. The van der Waals surface area contributed by atoms with E-state index >= 15 is 0 Å². The summed E-state index contributed by atoms with van der Waals surface area (Å²) in [6, 6.07) is 14.8. The zero-order valence-electron chi connectivity index (χ0n) is 23.0. The average molecular weight is 546 g/mol. The Kier molecular flexibility index (Phi) is 10.3. The summed E-state index contributed by atoms with van der Waals surface area (Å²) in [6.07, 6.45) is 6.90. The van der Waals surface area contributed by atoms with Crippen LogP contribution in [-0.2, 0) is 25.6 Å². The summed E-state index contributed by atoms with van der Waals surface area (Å²) in [5, 5.41) is 12.6. The van der Waals surface area contributed by atoms with Gasteiger partial charge in [0, 0.05) is 36.5 Å². The zero-order valence-corrected chi connectivity index (χ0v) is 23.0. The standard InChI is InChI=1S/C31H39N5O4/c1-21-30(39)36-27(18-23-20-33-25-15-10-9-14-24(23)25)31(40)35-26(22-12-6-5-7-13-22)19-29(38)32-17-11-4-2-3-8-16-28(37)34-21/h5-7,9-10,12-15,20-21,26-27,33H,2-4,8,11,16-19H2,1H3,(H,32,38)(H,34,37)(H,35,40)(H,36,39)/t21-,26+,27+/m0/s1. The molecule has 1 aliphatic heterocycles. The number of hydrogen-bond donors (Lipinski definition) is 5. The van der Waals surface area contributed by atoms with E-state index in [1.54, 1.807) is 6.92 Å². The van der Waals surface area contributed by atoms with Gasteiger partial charge >= 0.3 is 0 Å². The van der Waals surface area contributed by atoms with Gasteiger partial charge in [-0.1, -0.05) is 67.8 Å². The number of carbonyl (C=O) groups excluding carboxylic acids is 4. The maximum absolute atomic E-state index is 13.8. The van der Waals surface area contributed by atoms with Crippen LogP contribution >= 0.6 is 0 Å². The van der Waals surface area contributed by atoms with Crippen molar-refractivity contribution < 1.29 is 19.2 Å². The predicted molar refractivity (Wildman–Crippen MR) is 154 cm³/mol. The van der Waals surface area contributed by atoms with Crippen LogP contribution in [0.15, 0.2) is 60.8 Å². The summed E-state index contributed by atoms with van der Waals surface area (Å²) in [5.74, 6) is -1.18. The van der Waals surface area contributed by atoms with E-state index in [2.05, 4.69) is 26.3 Å². The van der Waals surface area contributed by atoms with Crippen LogP contribution in [0, 0.1) is 0 Å². The van der Waals surface area contributed by atoms with Crippen LogP contribution in [-0.4, -0.2) is 47.2 Å². The third kappa shape index (κ3) is 8.18. The minimum atomic E-state index is -0.928. The quantitative estimate of drug-likeness (QED) is 0.345. The van der Waals surface area contributed by atoms with Crippen LogP contribution in [0.3, 0.4) is 0 Å². The third-order valence-corrected chi connectivity index (χ3v) is 7.31. The van der Waals surface area contributed by atoms with Gasteiger partial charge in [0.15, 0.2) is 0 Å². The molecule has 0 spiro atoms. The molecule has 1 aliphatic rings. The van der Waals surface area contributed by atoms with Gasteiger partial charge in [0.25, 0.3) is 0 Å². The number of fused-ring (bicyclic) bond motifs is 1. The minimum Gasteiger partial charge on any atom is -0.361 e. The first-order chi connectivity index (χ1) is 19.4. The van der Waals surface area contributed by atoms with E-state index in [1.807, 2.05) is 60.8 Å². The Morgan fingerprint density at radius 2 is 1.48 bits per heavy atom. The molecule has 9 heteroatoms. The van der Waals surface area contributed by atoms with Crippen molar-refractivity contribution in [1.82, 2.24) is 26.3 Å². The normalized spacial score (nSPS) is 22.7. The molecular formula is C31H39N5O4. The summed E-state index contributed by atoms with van der Waals surface area (Å²) in [6.45, 7) is 2.18. The van der Waals surface area contributed by atoms with Gasteiger partial charge in [-0.05, 0) is 37.0 Å². The number of hydrogen-bond acceptors (Lipinski definition) is 4. The Balaban J connectivity index is 1.60. The van der Waals surface area contributed by atoms with Gasteiger partial charge in [-0.15, -0.1) is 0 Å². The summed E-state index contributed by atoms with van der Waals surface area (Å²) in [4.78, 5) is 55.4. The molecule has 5 N–H and O–H groups in total. The van der Waals surface area contributed by atoms with E-state index in [-0.39, 0.29) is 24.7 Å². The van der Waals surface area contributed by atoms with Crippen molar-refractivity contribution in [3.63, 3.8) is 0 Å². The molecule has 0 saturated carbocycles. The molecule has 0 bridgehead atoms. The molecule has 2 aromatic carbocycles. The number of carbonyl (C=O) groups is 4. The molecule has 3 aromatic rings. The molecule has 0 aliphatic carbocycles. The Bertz CT molecular complexity index is 1310. The lowest BCUT2D eigenvalue weighted by Gasteiger charge is -2.25. The first kappa shape index (κ1) is 28.9. The number of aromatic amines is 1. The van der Waals surface area contributed by atoms with E-state index < -0.39 is 29.9 Å². The average Bonchev–Trinajstić information content (AvgIpc) is 3.36. The van der Waals surface area contributed by atoms with Crippen LogP contribution in [0.25, 0.3) is 10.9 Å². The second-order valence-electron chi connectivity index (χ2n) is 10.5. The fraction of sp³-hybridized carbons (Fsp3) is 0.419. The topological polar surface area (TPSA) is 132 Å². The minimum absolute atomic E-state index is 0.0793. The number of rotatable bonds is 3. The second kappa shape index (κ2) is 14.3. The summed E-state index contributed by atoms with van der Waals surface area (Å²) < 4.78 is 0. The maximum atomic E-state index is 13.8. The van der Waals surface area contributed by atoms with Crippen molar-refractivity contribution in [3.05, 3.63) is 71.9 Å². The van der Waals surface area contributed by atoms with Crippen LogP contribution in [0.4, 0.5) is 0 Å². The summed E-state index contributed by atoms with van der Waals surface area (Å²) >= 11 is 0. The molecule has 0 unspecified atom stereocenters. The van der Waals surface area contributed by atoms with Gasteiger partial charge in [-0.3, -0.25) is 19.2 Å².